The molecule has 0 spiro atoms. The maximum absolute atomic E-state index is 12.7. The number of hydrogen-bond acceptors (Lipinski definition) is 7. The van der Waals surface area contributed by atoms with Gasteiger partial charge in [0.15, 0.2) is 17.3 Å². The van der Waals surface area contributed by atoms with E-state index in [2.05, 4.69) is 20.6 Å². The minimum Gasteiger partial charge on any atom is -0.493 e. The van der Waals surface area contributed by atoms with Crippen LogP contribution in [0.5, 0.6) is 17.4 Å². The predicted octanol–water partition coefficient (Wildman–Crippen LogP) is 3.25. The van der Waals surface area contributed by atoms with Gasteiger partial charge in [-0.1, -0.05) is 19.1 Å². The average Bonchev–Trinajstić information content (AvgIpc) is 3.13. The maximum Gasteiger partial charge on any atom is 0.233 e. The van der Waals surface area contributed by atoms with E-state index in [1.54, 1.807) is 23.9 Å². The number of anilines is 1. The van der Waals surface area contributed by atoms with Crippen LogP contribution in [-0.4, -0.2) is 46.7 Å². The summed E-state index contributed by atoms with van der Waals surface area (Å²) in [6.07, 6.45) is 1.14. The van der Waals surface area contributed by atoms with Crippen molar-refractivity contribution in [1.29, 1.82) is 0 Å². The zero-order chi connectivity index (χ0) is 22.0. The van der Waals surface area contributed by atoms with Gasteiger partial charge in [0.1, 0.15) is 5.82 Å². The minimum absolute atomic E-state index is 0.107. The molecule has 3 aromatic rings. The second-order valence-electron chi connectivity index (χ2n) is 7.23. The third-order valence-electron chi connectivity index (χ3n) is 5.21. The molecule has 9 heteroatoms. The SMILES string of the molecule is CCCOc1c(OC)cccc1C1CC(=O)Nc2c1c(C)nn2-c1ccc(OC)nn1. The van der Waals surface area contributed by atoms with Crippen LogP contribution in [0.15, 0.2) is 30.3 Å². The van der Waals surface area contributed by atoms with Crippen LogP contribution in [0.25, 0.3) is 5.82 Å². The van der Waals surface area contributed by atoms with E-state index in [1.807, 2.05) is 32.0 Å². The number of hydrogen-bond donors (Lipinski definition) is 1. The first-order valence-electron chi connectivity index (χ1n) is 10.1. The lowest BCUT2D eigenvalue weighted by molar-refractivity contribution is -0.116. The molecule has 0 aliphatic carbocycles. The highest BCUT2D eigenvalue weighted by Gasteiger charge is 2.35. The zero-order valence-electron chi connectivity index (χ0n) is 18.0. The van der Waals surface area contributed by atoms with Gasteiger partial charge in [-0.25, -0.2) is 0 Å². The lowest BCUT2D eigenvalue weighted by Crippen LogP contribution is -2.25. The fourth-order valence-electron chi connectivity index (χ4n) is 3.84. The second kappa shape index (κ2) is 8.63. The molecule has 1 atom stereocenters. The van der Waals surface area contributed by atoms with Crippen molar-refractivity contribution < 1.29 is 19.0 Å². The number of carbonyl (C=O) groups is 1. The minimum atomic E-state index is -0.231. The molecule has 1 aliphatic heterocycles. The van der Waals surface area contributed by atoms with Gasteiger partial charge in [-0.3, -0.25) is 4.79 Å². The third kappa shape index (κ3) is 3.78. The molecule has 1 amide bonds. The summed E-state index contributed by atoms with van der Waals surface area (Å²) in [7, 11) is 3.14. The Kier molecular flexibility index (Phi) is 5.75. The number of rotatable bonds is 7. The summed E-state index contributed by atoms with van der Waals surface area (Å²) in [5, 5.41) is 15.8. The number of nitrogens with zero attached hydrogens (tertiary/aromatic N) is 4. The Morgan fingerprint density at radius 1 is 1.16 bits per heavy atom. The normalized spacial score (nSPS) is 15.2. The lowest BCUT2D eigenvalue weighted by atomic mass is 9.85. The Morgan fingerprint density at radius 3 is 2.68 bits per heavy atom. The number of aromatic nitrogens is 4. The number of nitrogens with one attached hydrogen (secondary N) is 1. The topological polar surface area (TPSA) is 100 Å². The molecule has 1 N–H and O–H groups in total. The van der Waals surface area contributed by atoms with E-state index in [1.165, 1.54) is 7.11 Å². The highest BCUT2D eigenvalue weighted by atomic mass is 16.5. The number of carbonyl (C=O) groups excluding carboxylic acids is 1. The summed E-state index contributed by atoms with van der Waals surface area (Å²) in [5.41, 5.74) is 2.61. The quantitative estimate of drug-likeness (QED) is 0.622. The van der Waals surface area contributed by atoms with Gasteiger partial charge in [-0.2, -0.15) is 9.78 Å². The maximum atomic E-state index is 12.7. The molecule has 1 unspecified atom stereocenters. The van der Waals surface area contributed by atoms with E-state index in [0.29, 0.717) is 35.6 Å². The number of ether oxygens (including phenoxy) is 3. The standard InChI is InChI=1S/C22H25N5O4/c1-5-11-31-21-14(7-6-8-16(21)29-3)15-12-18(28)23-22-20(15)13(2)26-27(22)17-9-10-19(30-4)25-24-17/h6-10,15H,5,11-12H2,1-4H3,(H,23,28). The van der Waals surface area contributed by atoms with Crippen LogP contribution < -0.4 is 19.5 Å². The molecular weight excluding hydrogens is 398 g/mol. The fraction of sp³-hybridized carbons (Fsp3) is 0.364. The van der Waals surface area contributed by atoms with E-state index in [0.717, 1.165) is 23.2 Å². The van der Waals surface area contributed by atoms with Gasteiger partial charge in [0, 0.05) is 29.5 Å². The van der Waals surface area contributed by atoms with E-state index in [9.17, 15) is 4.79 Å². The first-order valence-corrected chi connectivity index (χ1v) is 10.1. The van der Waals surface area contributed by atoms with Crippen LogP contribution in [0.2, 0.25) is 0 Å². The van der Waals surface area contributed by atoms with Crippen LogP contribution in [0.3, 0.4) is 0 Å². The first kappa shape index (κ1) is 20.6. The van der Waals surface area contributed by atoms with Crippen molar-refractivity contribution in [3.8, 4) is 23.2 Å². The molecule has 0 saturated carbocycles. The van der Waals surface area contributed by atoms with Crippen molar-refractivity contribution in [3.63, 3.8) is 0 Å². The molecular formula is C22H25N5O4. The summed E-state index contributed by atoms with van der Waals surface area (Å²) in [6.45, 7) is 4.52. The Hall–Kier alpha value is -3.62. The van der Waals surface area contributed by atoms with Gasteiger partial charge in [0.2, 0.25) is 11.8 Å². The molecule has 1 aliphatic rings. The molecule has 0 fully saturated rings. The van der Waals surface area contributed by atoms with Gasteiger partial charge < -0.3 is 19.5 Å². The Morgan fingerprint density at radius 2 is 2.00 bits per heavy atom. The Bertz CT molecular complexity index is 1090. The van der Waals surface area contributed by atoms with Crippen LogP contribution >= 0.6 is 0 Å². The van der Waals surface area contributed by atoms with Gasteiger partial charge >= 0.3 is 0 Å². The number of aryl methyl sites for hydroxylation is 1. The average molecular weight is 423 g/mol. The number of methoxy groups -OCH3 is 2. The number of benzene rings is 1. The molecule has 1 aromatic carbocycles. The van der Waals surface area contributed by atoms with Crippen LogP contribution in [-0.2, 0) is 4.79 Å². The molecule has 162 valence electrons. The van der Waals surface area contributed by atoms with Gasteiger partial charge in [0.05, 0.1) is 26.5 Å². The highest BCUT2D eigenvalue weighted by Crippen LogP contribution is 2.45. The van der Waals surface area contributed by atoms with Crippen molar-refractivity contribution >= 4 is 11.7 Å². The number of para-hydroxylation sites is 1. The molecule has 4 rings (SSSR count). The Balaban J connectivity index is 1.84. The molecule has 2 aromatic heterocycles. The van der Waals surface area contributed by atoms with Crippen LogP contribution in [0, 0.1) is 6.92 Å². The summed E-state index contributed by atoms with van der Waals surface area (Å²) in [6, 6.07) is 9.20. The van der Waals surface area contributed by atoms with Crippen molar-refractivity contribution in [2.24, 2.45) is 0 Å². The highest BCUT2D eigenvalue weighted by molar-refractivity contribution is 5.95. The van der Waals surface area contributed by atoms with E-state index in [-0.39, 0.29) is 18.2 Å². The smallest absolute Gasteiger partial charge is 0.233 e. The summed E-state index contributed by atoms with van der Waals surface area (Å²) >= 11 is 0. The monoisotopic (exact) mass is 423 g/mol. The molecule has 0 radical (unpaired) electrons. The van der Waals surface area contributed by atoms with Crippen molar-refractivity contribution in [1.82, 2.24) is 20.0 Å². The largest absolute Gasteiger partial charge is 0.493 e. The summed E-state index contributed by atoms with van der Waals surface area (Å²) in [5.74, 6) is 2.44. The second-order valence-corrected chi connectivity index (χ2v) is 7.23. The predicted molar refractivity (Wildman–Crippen MR) is 114 cm³/mol. The number of amides is 1. The third-order valence-corrected chi connectivity index (χ3v) is 5.21. The lowest BCUT2D eigenvalue weighted by Gasteiger charge is -2.26. The van der Waals surface area contributed by atoms with E-state index in [4.69, 9.17) is 14.2 Å². The molecule has 0 saturated heterocycles. The molecule has 9 nitrogen and oxygen atoms in total. The fourth-order valence-corrected chi connectivity index (χ4v) is 3.84. The summed E-state index contributed by atoms with van der Waals surface area (Å²) in [4.78, 5) is 12.7. The van der Waals surface area contributed by atoms with E-state index < -0.39 is 0 Å². The van der Waals surface area contributed by atoms with Gasteiger partial charge in [-0.05, 0) is 25.5 Å². The van der Waals surface area contributed by atoms with Gasteiger partial charge in [-0.15, -0.1) is 10.2 Å². The number of fused-ring (bicyclic) bond motifs is 1. The molecule has 0 bridgehead atoms. The zero-order valence-corrected chi connectivity index (χ0v) is 18.0. The molecule has 31 heavy (non-hydrogen) atoms. The first-order chi connectivity index (χ1) is 15.1. The van der Waals surface area contributed by atoms with Crippen molar-refractivity contribution in [3.05, 3.63) is 47.2 Å². The van der Waals surface area contributed by atoms with Crippen LogP contribution in [0.4, 0.5) is 5.82 Å². The summed E-state index contributed by atoms with van der Waals surface area (Å²) < 4.78 is 18.3. The molecule has 3 heterocycles. The van der Waals surface area contributed by atoms with Crippen LogP contribution in [0.1, 0.15) is 42.5 Å². The Labute approximate surface area is 180 Å². The van der Waals surface area contributed by atoms with Gasteiger partial charge in [0.25, 0.3) is 0 Å². The van der Waals surface area contributed by atoms with Crippen molar-refractivity contribution in [2.45, 2.75) is 32.6 Å². The van der Waals surface area contributed by atoms with Crippen molar-refractivity contribution in [2.75, 3.05) is 26.1 Å². The van der Waals surface area contributed by atoms with E-state index >= 15 is 0 Å².